The number of benzene rings is 1. The Balaban J connectivity index is 2.84. The van der Waals surface area contributed by atoms with E-state index in [2.05, 4.69) is 0 Å². The maximum atomic E-state index is 12.5. The van der Waals surface area contributed by atoms with Crippen LogP contribution in [0, 0.1) is 11.8 Å². The SMILES string of the molecule is CC(C)/C(N)=C(/SCc1ccc(C(F)(F)F)cc1)C(C)CO. The van der Waals surface area contributed by atoms with Gasteiger partial charge in [-0.1, -0.05) is 32.9 Å². The van der Waals surface area contributed by atoms with Crippen molar-refractivity contribution in [1.29, 1.82) is 0 Å². The lowest BCUT2D eigenvalue weighted by Crippen LogP contribution is -2.14. The quantitative estimate of drug-likeness (QED) is 0.811. The molecule has 0 amide bonds. The molecule has 1 aromatic rings. The van der Waals surface area contributed by atoms with Gasteiger partial charge in [0, 0.05) is 22.3 Å². The summed E-state index contributed by atoms with van der Waals surface area (Å²) in [6.45, 7) is 5.81. The van der Waals surface area contributed by atoms with Crippen molar-refractivity contribution >= 4 is 11.8 Å². The molecule has 22 heavy (non-hydrogen) atoms. The highest BCUT2D eigenvalue weighted by atomic mass is 32.2. The van der Waals surface area contributed by atoms with Crippen LogP contribution < -0.4 is 5.73 Å². The van der Waals surface area contributed by atoms with Crippen LogP contribution in [0.2, 0.25) is 0 Å². The van der Waals surface area contributed by atoms with Crippen molar-refractivity contribution in [1.82, 2.24) is 0 Å². The fourth-order valence-electron chi connectivity index (χ4n) is 1.83. The van der Waals surface area contributed by atoms with E-state index in [1.807, 2.05) is 20.8 Å². The first kappa shape index (κ1) is 18.9. The molecule has 0 spiro atoms. The van der Waals surface area contributed by atoms with E-state index in [1.54, 1.807) is 0 Å². The molecule has 0 fully saturated rings. The van der Waals surface area contributed by atoms with Crippen molar-refractivity contribution < 1.29 is 18.3 Å². The van der Waals surface area contributed by atoms with Gasteiger partial charge in [0.25, 0.3) is 0 Å². The van der Waals surface area contributed by atoms with Crippen LogP contribution in [0.4, 0.5) is 13.2 Å². The summed E-state index contributed by atoms with van der Waals surface area (Å²) in [5.74, 6) is 0.594. The summed E-state index contributed by atoms with van der Waals surface area (Å²) >= 11 is 1.47. The highest BCUT2D eigenvalue weighted by Crippen LogP contribution is 2.33. The molecule has 124 valence electrons. The van der Waals surface area contributed by atoms with E-state index in [0.29, 0.717) is 5.75 Å². The van der Waals surface area contributed by atoms with Crippen molar-refractivity contribution in [3.63, 3.8) is 0 Å². The average molecular weight is 333 g/mol. The highest BCUT2D eigenvalue weighted by molar-refractivity contribution is 8.02. The largest absolute Gasteiger partial charge is 0.416 e. The van der Waals surface area contributed by atoms with E-state index in [4.69, 9.17) is 5.73 Å². The molecule has 0 heterocycles. The van der Waals surface area contributed by atoms with Crippen LogP contribution in [-0.2, 0) is 11.9 Å². The van der Waals surface area contributed by atoms with Gasteiger partial charge in [0.15, 0.2) is 0 Å². The van der Waals surface area contributed by atoms with E-state index >= 15 is 0 Å². The first-order valence-electron chi connectivity index (χ1n) is 7.06. The number of rotatable bonds is 6. The smallest absolute Gasteiger partial charge is 0.401 e. The number of alkyl halides is 3. The molecule has 0 aliphatic heterocycles. The van der Waals surface area contributed by atoms with Gasteiger partial charge in [-0.15, -0.1) is 11.8 Å². The predicted octanol–water partition coefficient (Wildman–Crippen LogP) is 4.39. The van der Waals surface area contributed by atoms with Crippen LogP contribution in [0.1, 0.15) is 31.9 Å². The summed E-state index contributed by atoms with van der Waals surface area (Å²) < 4.78 is 37.6. The van der Waals surface area contributed by atoms with Crippen molar-refractivity contribution in [3.05, 3.63) is 46.0 Å². The molecule has 0 radical (unpaired) electrons. The van der Waals surface area contributed by atoms with Crippen LogP contribution in [0.5, 0.6) is 0 Å². The lowest BCUT2D eigenvalue weighted by Gasteiger charge is -2.19. The highest BCUT2D eigenvalue weighted by Gasteiger charge is 2.29. The topological polar surface area (TPSA) is 46.2 Å². The second-order valence-electron chi connectivity index (χ2n) is 5.54. The summed E-state index contributed by atoms with van der Waals surface area (Å²) in [5.41, 5.74) is 6.94. The number of hydrogen-bond donors (Lipinski definition) is 2. The van der Waals surface area contributed by atoms with E-state index in [1.165, 1.54) is 23.9 Å². The minimum atomic E-state index is -4.32. The summed E-state index contributed by atoms with van der Waals surface area (Å²) in [6.07, 6.45) is -4.32. The van der Waals surface area contributed by atoms with Crippen LogP contribution in [0.3, 0.4) is 0 Å². The van der Waals surface area contributed by atoms with Crippen LogP contribution in [-0.4, -0.2) is 11.7 Å². The Morgan fingerprint density at radius 3 is 2.14 bits per heavy atom. The Hall–Kier alpha value is -1.14. The zero-order chi connectivity index (χ0) is 16.9. The van der Waals surface area contributed by atoms with Gasteiger partial charge in [-0.2, -0.15) is 13.2 Å². The molecule has 0 aromatic heterocycles. The Morgan fingerprint density at radius 2 is 1.73 bits per heavy atom. The average Bonchev–Trinajstić information content (AvgIpc) is 2.46. The minimum Gasteiger partial charge on any atom is -0.401 e. The molecule has 1 aromatic carbocycles. The van der Waals surface area contributed by atoms with Gasteiger partial charge in [0.2, 0.25) is 0 Å². The molecule has 6 heteroatoms. The molecule has 1 atom stereocenters. The third kappa shape index (κ3) is 5.25. The normalized spacial score (nSPS) is 14.9. The number of aliphatic hydroxyl groups is 1. The van der Waals surface area contributed by atoms with Crippen molar-refractivity contribution in [2.45, 2.75) is 32.7 Å². The molecule has 0 saturated heterocycles. The molecule has 0 bridgehead atoms. The number of aliphatic hydroxyl groups excluding tert-OH is 1. The predicted molar refractivity (Wildman–Crippen MR) is 85.0 cm³/mol. The van der Waals surface area contributed by atoms with E-state index < -0.39 is 11.7 Å². The minimum absolute atomic E-state index is 0.0111. The molecule has 0 aliphatic rings. The summed E-state index contributed by atoms with van der Waals surface area (Å²) in [6, 6.07) is 5.12. The number of halogens is 3. The lowest BCUT2D eigenvalue weighted by atomic mass is 10.1. The number of hydrogen-bond acceptors (Lipinski definition) is 3. The number of allylic oxidation sites excluding steroid dienone is 1. The first-order valence-corrected chi connectivity index (χ1v) is 8.04. The number of nitrogens with two attached hydrogens (primary N) is 1. The van der Waals surface area contributed by atoms with Crippen molar-refractivity contribution in [2.24, 2.45) is 17.6 Å². The van der Waals surface area contributed by atoms with Crippen LogP contribution in [0.15, 0.2) is 34.9 Å². The Bertz CT molecular complexity index is 509. The van der Waals surface area contributed by atoms with Gasteiger partial charge in [-0.25, -0.2) is 0 Å². The van der Waals surface area contributed by atoms with E-state index in [9.17, 15) is 18.3 Å². The second-order valence-corrected chi connectivity index (χ2v) is 6.56. The third-order valence-electron chi connectivity index (χ3n) is 3.30. The second kappa shape index (κ2) is 7.92. The third-order valence-corrected chi connectivity index (χ3v) is 4.73. The van der Waals surface area contributed by atoms with Gasteiger partial charge in [0.05, 0.1) is 12.2 Å². The molecule has 3 N–H and O–H groups in total. The van der Waals surface area contributed by atoms with Crippen LogP contribution >= 0.6 is 11.8 Å². The monoisotopic (exact) mass is 333 g/mol. The fourth-order valence-corrected chi connectivity index (χ4v) is 3.10. The molecular formula is C16H22F3NOS. The molecule has 1 rings (SSSR count). The summed E-state index contributed by atoms with van der Waals surface area (Å²) in [7, 11) is 0. The van der Waals surface area contributed by atoms with Crippen molar-refractivity contribution in [3.8, 4) is 0 Å². The molecule has 0 aliphatic carbocycles. The van der Waals surface area contributed by atoms with Gasteiger partial charge in [0.1, 0.15) is 0 Å². The van der Waals surface area contributed by atoms with Gasteiger partial charge in [-0.3, -0.25) is 0 Å². The Labute approximate surface area is 133 Å². The van der Waals surface area contributed by atoms with Crippen molar-refractivity contribution in [2.75, 3.05) is 6.61 Å². The molecular weight excluding hydrogens is 311 g/mol. The van der Waals surface area contributed by atoms with Gasteiger partial charge >= 0.3 is 6.18 Å². The zero-order valence-electron chi connectivity index (χ0n) is 12.9. The van der Waals surface area contributed by atoms with E-state index in [-0.39, 0.29) is 18.4 Å². The Kier molecular flexibility index (Phi) is 6.81. The standard InChI is InChI=1S/C16H22F3NOS/c1-10(2)14(20)15(11(3)8-21)22-9-12-4-6-13(7-5-12)16(17,18)19/h4-7,10-11,21H,8-9,20H2,1-3H3/b15-14-. The molecule has 1 unspecified atom stereocenters. The van der Waals surface area contributed by atoms with Gasteiger partial charge < -0.3 is 10.8 Å². The van der Waals surface area contributed by atoms with E-state index in [0.717, 1.165) is 28.3 Å². The van der Waals surface area contributed by atoms with Gasteiger partial charge in [-0.05, 0) is 23.6 Å². The summed E-state index contributed by atoms with van der Waals surface area (Å²) in [4.78, 5) is 0.900. The maximum Gasteiger partial charge on any atom is 0.416 e. The molecule has 0 saturated carbocycles. The fraction of sp³-hybridized carbons (Fsp3) is 0.500. The first-order chi connectivity index (χ1) is 10.2. The van der Waals surface area contributed by atoms with Crippen LogP contribution in [0.25, 0.3) is 0 Å². The number of thioether (sulfide) groups is 1. The maximum absolute atomic E-state index is 12.5. The zero-order valence-corrected chi connectivity index (χ0v) is 13.8. The lowest BCUT2D eigenvalue weighted by molar-refractivity contribution is -0.137. The summed E-state index contributed by atoms with van der Waals surface area (Å²) in [5, 5.41) is 9.33. The Morgan fingerprint density at radius 1 is 1.18 bits per heavy atom. The molecule has 2 nitrogen and oxygen atoms in total.